The number of hydrogen-bond donors (Lipinski definition) is 2. The molecule has 10 heavy (non-hydrogen) atoms. The molecule has 0 amide bonds. The van der Waals surface area contributed by atoms with Gasteiger partial charge in [0.15, 0.2) is 0 Å². The van der Waals surface area contributed by atoms with Gasteiger partial charge in [0.25, 0.3) is 0 Å². The first-order valence-corrected chi connectivity index (χ1v) is 4.01. The average molecular weight is 143 g/mol. The van der Waals surface area contributed by atoms with Crippen molar-refractivity contribution in [3.63, 3.8) is 0 Å². The van der Waals surface area contributed by atoms with Gasteiger partial charge in [0, 0.05) is 0 Å². The van der Waals surface area contributed by atoms with Crippen LogP contribution in [0.4, 0.5) is 0 Å². The van der Waals surface area contributed by atoms with Crippen LogP contribution >= 0.6 is 0 Å². The number of rotatable bonds is 3. The summed E-state index contributed by atoms with van der Waals surface area (Å²) in [6, 6.07) is 0. The van der Waals surface area contributed by atoms with Crippen LogP contribution in [0.2, 0.25) is 0 Å². The molecule has 1 aliphatic heterocycles. The van der Waals surface area contributed by atoms with Crippen LogP contribution in [0.5, 0.6) is 0 Å². The van der Waals surface area contributed by atoms with E-state index in [-0.39, 0.29) is 0 Å². The Morgan fingerprint density at radius 3 is 2.40 bits per heavy atom. The van der Waals surface area contributed by atoms with Gasteiger partial charge >= 0.3 is 0 Å². The number of nitrogens with one attached hydrogen (secondary N) is 1. The van der Waals surface area contributed by atoms with Gasteiger partial charge in [-0.1, -0.05) is 0 Å². The van der Waals surface area contributed by atoms with Gasteiger partial charge in [0.05, 0.1) is 5.60 Å². The molecule has 2 heteroatoms. The monoisotopic (exact) mass is 143 g/mol. The molecule has 2 N–H and O–H groups in total. The molecule has 0 bridgehead atoms. The van der Waals surface area contributed by atoms with Crippen LogP contribution in [0.25, 0.3) is 0 Å². The van der Waals surface area contributed by atoms with Gasteiger partial charge < -0.3 is 10.4 Å². The summed E-state index contributed by atoms with van der Waals surface area (Å²) in [5.41, 5.74) is -0.463. The van der Waals surface area contributed by atoms with E-state index in [0.717, 1.165) is 31.8 Å². The predicted octanol–water partition coefficient (Wildman–Crippen LogP) is 0.757. The fourth-order valence-electron chi connectivity index (χ4n) is 1.11. The second-order valence-corrected chi connectivity index (χ2v) is 3.88. The standard InChI is InChI=1S/C8H17NO/c1-8(2,10)4-3-7-5-9-6-7/h7,9-10H,3-6H2,1-2H3. The quantitative estimate of drug-likeness (QED) is 0.611. The Bertz CT molecular complexity index is 102. The molecule has 0 aromatic rings. The van der Waals surface area contributed by atoms with Crippen molar-refractivity contribution in [2.75, 3.05) is 13.1 Å². The van der Waals surface area contributed by atoms with Crippen LogP contribution in [0.3, 0.4) is 0 Å². The SMILES string of the molecule is CC(C)(O)CCC1CNC1. The van der Waals surface area contributed by atoms with Gasteiger partial charge in [0.1, 0.15) is 0 Å². The van der Waals surface area contributed by atoms with Crippen LogP contribution in [0, 0.1) is 5.92 Å². The molecule has 0 saturated carbocycles. The third-order valence-corrected chi connectivity index (χ3v) is 2.03. The Hall–Kier alpha value is -0.0800. The van der Waals surface area contributed by atoms with Gasteiger partial charge in [-0.05, 0) is 45.7 Å². The van der Waals surface area contributed by atoms with Crippen LogP contribution in [0.15, 0.2) is 0 Å². The van der Waals surface area contributed by atoms with Crippen molar-refractivity contribution < 1.29 is 5.11 Å². The lowest BCUT2D eigenvalue weighted by Gasteiger charge is -2.29. The summed E-state index contributed by atoms with van der Waals surface area (Å²) in [5, 5.41) is 12.6. The molecule has 2 nitrogen and oxygen atoms in total. The first-order valence-electron chi connectivity index (χ1n) is 4.01. The maximum Gasteiger partial charge on any atom is 0.0591 e. The normalized spacial score (nSPS) is 20.7. The van der Waals surface area contributed by atoms with Gasteiger partial charge in [-0.25, -0.2) is 0 Å². The molecule has 0 unspecified atom stereocenters. The summed E-state index contributed by atoms with van der Waals surface area (Å²) < 4.78 is 0. The summed E-state index contributed by atoms with van der Waals surface area (Å²) in [6.45, 7) is 6.05. The Kier molecular flexibility index (Phi) is 2.32. The van der Waals surface area contributed by atoms with Gasteiger partial charge in [-0.3, -0.25) is 0 Å². The minimum absolute atomic E-state index is 0.463. The smallest absolute Gasteiger partial charge is 0.0591 e. The van der Waals surface area contributed by atoms with Gasteiger partial charge in [-0.2, -0.15) is 0 Å². The molecule has 0 spiro atoms. The fraction of sp³-hybridized carbons (Fsp3) is 1.00. The highest BCUT2D eigenvalue weighted by molar-refractivity contribution is 4.77. The molecule has 1 rings (SSSR count). The van der Waals surface area contributed by atoms with E-state index in [1.807, 2.05) is 13.8 Å². The minimum atomic E-state index is -0.463. The number of aliphatic hydroxyl groups is 1. The van der Waals surface area contributed by atoms with E-state index in [1.54, 1.807) is 0 Å². The zero-order chi connectivity index (χ0) is 7.61. The summed E-state index contributed by atoms with van der Waals surface area (Å²) >= 11 is 0. The van der Waals surface area contributed by atoms with E-state index in [0.29, 0.717) is 0 Å². The second-order valence-electron chi connectivity index (χ2n) is 3.88. The third kappa shape index (κ3) is 2.67. The van der Waals surface area contributed by atoms with E-state index in [4.69, 9.17) is 0 Å². The molecule has 1 fully saturated rings. The highest BCUT2D eigenvalue weighted by Gasteiger charge is 2.20. The maximum atomic E-state index is 9.37. The third-order valence-electron chi connectivity index (χ3n) is 2.03. The Labute approximate surface area is 62.6 Å². The van der Waals surface area contributed by atoms with Crippen molar-refractivity contribution in [3.8, 4) is 0 Å². The lowest BCUT2D eigenvalue weighted by atomic mass is 9.91. The van der Waals surface area contributed by atoms with Crippen LogP contribution in [0.1, 0.15) is 26.7 Å². The average Bonchev–Trinajstić information content (AvgIpc) is 1.56. The highest BCUT2D eigenvalue weighted by Crippen LogP contribution is 2.17. The van der Waals surface area contributed by atoms with Crippen molar-refractivity contribution >= 4 is 0 Å². The van der Waals surface area contributed by atoms with Crippen molar-refractivity contribution in [1.29, 1.82) is 0 Å². The topological polar surface area (TPSA) is 32.3 Å². The molecule has 60 valence electrons. The summed E-state index contributed by atoms with van der Waals surface area (Å²) in [4.78, 5) is 0. The summed E-state index contributed by atoms with van der Waals surface area (Å²) in [6.07, 6.45) is 2.09. The molecular weight excluding hydrogens is 126 g/mol. The first-order chi connectivity index (χ1) is 4.58. The molecule has 0 aromatic carbocycles. The van der Waals surface area contributed by atoms with Gasteiger partial charge in [-0.15, -0.1) is 0 Å². The largest absolute Gasteiger partial charge is 0.390 e. The predicted molar refractivity (Wildman–Crippen MR) is 41.9 cm³/mol. The van der Waals surface area contributed by atoms with Crippen LogP contribution in [-0.4, -0.2) is 23.8 Å². The Balaban J connectivity index is 2.04. The zero-order valence-electron chi connectivity index (χ0n) is 6.85. The van der Waals surface area contributed by atoms with Crippen LogP contribution in [-0.2, 0) is 0 Å². The zero-order valence-corrected chi connectivity index (χ0v) is 6.85. The number of hydrogen-bond acceptors (Lipinski definition) is 2. The van der Waals surface area contributed by atoms with E-state index in [9.17, 15) is 5.11 Å². The Morgan fingerprint density at radius 1 is 1.50 bits per heavy atom. The molecule has 1 aliphatic rings. The molecule has 0 aliphatic carbocycles. The Morgan fingerprint density at radius 2 is 2.10 bits per heavy atom. The first kappa shape index (κ1) is 8.02. The lowest BCUT2D eigenvalue weighted by molar-refractivity contribution is 0.0603. The minimum Gasteiger partial charge on any atom is -0.390 e. The van der Waals surface area contributed by atoms with E-state index in [1.165, 1.54) is 0 Å². The van der Waals surface area contributed by atoms with Crippen molar-refractivity contribution in [2.24, 2.45) is 5.92 Å². The molecule has 0 aromatic heterocycles. The van der Waals surface area contributed by atoms with Crippen LogP contribution < -0.4 is 5.32 Å². The summed E-state index contributed by atoms with van der Waals surface area (Å²) in [7, 11) is 0. The second kappa shape index (κ2) is 2.89. The van der Waals surface area contributed by atoms with E-state index >= 15 is 0 Å². The lowest BCUT2D eigenvalue weighted by Crippen LogP contribution is -2.42. The highest BCUT2D eigenvalue weighted by atomic mass is 16.3. The molecule has 0 atom stereocenters. The molecule has 0 radical (unpaired) electrons. The van der Waals surface area contributed by atoms with E-state index in [2.05, 4.69) is 5.32 Å². The fourth-order valence-corrected chi connectivity index (χ4v) is 1.11. The molecule has 1 heterocycles. The van der Waals surface area contributed by atoms with E-state index < -0.39 is 5.60 Å². The van der Waals surface area contributed by atoms with Gasteiger partial charge in [0.2, 0.25) is 0 Å². The van der Waals surface area contributed by atoms with Crippen molar-refractivity contribution in [1.82, 2.24) is 5.32 Å². The summed E-state index contributed by atoms with van der Waals surface area (Å²) in [5.74, 6) is 0.825. The molecular formula is C8H17NO. The van der Waals surface area contributed by atoms with Crippen molar-refractivity contribution in [3.05, 3.63) is 0 Å². The molecule has 1 saturated heterocycles. The van der Waals surface area contributed by atoms with Crippen molar-refractivity contribution in [2.45, 2.75) is 32.3 Å². The maximum absolute atomic E-state index is 9.37.